The maximum atomic E-state index is 14.0. The Balaban J connectivity index is 1.71. The van der Waals surface area contributed by atoms with Crippen molar-refractivity contribution in [1.29, 1.82) is 0 Å². The van der Waals surface area contributed by atoms with Crippen LogP contribution in [0.5, 0.6) is 0 Å². The second kappa shape index (κ2) is 8.50. The Kier molecular flexibility index (Phi) is 5.86. The van der Waals surface area contributed by atoms with E-state index in [2.05, 4.69) is 0 Å². The van der Waals surface area contributed by atoms with Gasteiger partial charge in [-0.05, 0) is 73.2 Å². The number of rotatable bonds is 4. The zero-order chi connectivity index (χ0) is 25.0. The van der Waals surface area contributed by atoms with Crippen molar-refractivity contribution >= 4 is 38.5 Å². The minimum Gasteiger partial charge on any atom is -0.459 e. The Morgan fingerprint density at radius 2 is 1.71 bits per heavy atom. The predicted molar refractivity (Wildman–Crippen MR) is 141 cm³/mol. The van der Waals surface area contributed by atoms with E-state index in [0.717, 1.165) is 27.5 Å². The van der Waals surface area contributed by atoms with E-state index in [1.165, 1.54) is 4.31 Å². The van der Waals surface area contributed by atoms with Crippen molar-refractivity contribution in [2.45, 2.75) is 44.2 Å². The van der Waals surface area contributed by atoms with Crippen LogP contribution in [0.3, 0.4) is 0 Å². The molecule has 1 saturated heterocycles. The number of hydrogen-bond acceptors (Lipinski definition) is 5. The van der Waals surface area contributed by atoms with Crippen molar-refractivity contribution in [2.75, 3.05) is 12.3 Å². The number of fused-ring (bicyclic) bond motifs is 2. The van der Waals surface area contributed by atoms with Gasteiger partial charge in [-0.3, -0.25) is 4.79 Å². The van der Waals surface area contributed by atoms with E-state index in [1.807, 2.05) is 75.6 Å². The fourth-order valence-electron chi connectivity index (χ4n) is 4.98. The summed E-state index contributed by atoms with van der Waals surface area (Å²) in [6, 6.07) is 20.1. The number of carbonyl (C=O) groups is 1. The number of hydrogen-bond donors (Lipinski definition) is 0. The van der Waals surface area contributed by atoms with Crippen LogP contribution in [-0.2, 0) is 19.6 Å². The third kappa shape index (κ3) is 4.09. The lowest BCUT2D eigenvalue weighted by Gasteiger charge is -2.36. The zero-order valence-corrected chi connectivity index (χ0v) is 21.9. The lowest BCUT2D eigenvalue weighted by atomic mass is 9.76. The van der Waals surface area contributed by atoms with Crippen LogP contribution in [0.4, 0.5) is 0 Å². The largest absolute Gasteiger partial charge is 0.459 e. The summed E-state index contributed by atoms with van der Waals surface area (Å²) in [5.41, 5.74) is 0.791. The van der Waals surface area contributed by atoms with Gasteiger partial charge in [0.15, 0.2) is 0 Å². The van der Waals surface area contributed by atoms with Gasteiger partial charge in [0.2, 0.25) is 10.0 Å². The van der Waals surface area contributed by atoms with Crippen LogP contribution in [0, 0.1) is 12.3 Å². The maximum Gasteiger partial charge on any atom is 0.319 e. The molecule has 35 heavy (non-hydrogen) atoms. The summed E-state index contributed by atoms with van der Waals surface area (Å²) in [6.07, 6.45) is 0. The van der Waals surface area contributed by atoms with E-state index < -0.39 is 27.1 Å². The Morgan fingerprint density at radius 1 is 1.03 bits per heavy atom. The van der Waals surface area contributed by atoms with Gasteiger partial charge in [-0.15, -0.1) is 11.8 Å². The molecule has 0 bridgehead atoms. The molecule has 1 fully saturated rings. The van der Waals surface area contributed by atoms with Gasteiger partial charge < -0.3 is 4.74 Å². The predicted octanol–water partition coefficient (Wildman–Crippen LogP) is 5.85. The van der Waals surface area contributed by atoms with Crippen LogP contribution in [0.2, 0.25) is 0 Å². The Hall–Kier alpha value is -2.61. The van der Waals surface area contributed by atoms with Gasteiger partial charge in [0.1, 0.15) is 11.0 Å². The first-order chi connectivity index (χ1) is 16.5. The minimum absolute atomic E-state index is 0.153. The van der Waals surface area contributed by atoms with Gasteiger partial charge in [-0.2, -0.15) is 4.31 Å². The molecule has 0 aliphatic carbocycles. The van der Waals surface area contributed by atoms with Gasteiger partial charge in [0.05, 0.1) is 10.9 Å². The van der Waals surface area contributed by atoms with Gasteiger partial charge >= 0.3 is 5.97 Å². The van der Waals surface area contributed by atoms with Crippen LogP contribution in [0.25, 0.3) is 10.8 Å². The smallest absolute Gasteiger partial charge is 0.319 e. The zero-order valence-electron chi connectivity index (χ0n) is 20.3. The van der Waals surface area contributed by atoms with Gasteiger partial charge in [-0.25, -0.2) is 8.42 Å². The molecule has 5 rings (SSSR count). The standard InChI is InChI=1S/C28H29NO4S2/c1-19-9-13-24(14-10-19)35(31,32)29-16-23-17-34-18-28(23,26(30)33-27(2,3)4)25(29)22-12-11-20-7-5-6-8-21(20)15-22/h5-15,17,25H,16,18H2,1-4H3/t25-,28+/m0/s1. The van der Waals surface area contributed by atoms with Crippen LogP contribution >= 0.6 is 11.8 Å². The number of esters is 1. The average Bonchev–Trinajstić information content (AvgIpc) is 3.36. The summed E-state index contributed by atoms with van der Waals surface area (Å²) in [7, 11) is -3.89. The van der Waals surface area contributed by atoms with Crippen LogP contribution in [-0.4, -0.2) is 36.6 Å². The molecule has 3 aromatic rings. The maximum absolute atomic E-state index is 14.0. The average molecular weight is 508 g/mol. The molecule has 0 radical (unpaired) electrons. The second-order valence-corrected chi connectivity index (χ2v) is 13.0. The quantitative estimate of drug-likeness (QED) is 0.415. The van der Waals surface area contributed by atoms with E-state index >= 15 is 0 Å². The first-order valence-electron chi connectivity index (χ1n) is 11.6. The number of benzene rings is 3. The van der Waals surface area contributed by atoms with E-state index in [1.54, 1.807) is 36.0 Å². The lowest BCUT2D eigenvalue weighted by molar-refractivity contribution is -0.165. The lowest BCUT2D eigenvalue weighted by Crippen LogP contribution is -2.44. The number of carbonyl (C=O) groups excluding carboxylic acids is 1. The summed E-state index contributed by atoms with van der Waals surface area (Å²) in [4.78, 5) is 14.1. The fourth-order valence-corrected chi connectivity index (χ4v) is 7.91. The van der Waals surface area contributed by atoms with Crippen LogP contribution < -0.4 is 0 Å². The monoisotopic (exact) mass is 507 g/mol. The van der Waals surface area contributed by atoms with Crippen LogP contribution in [0.1, 0.15) is 37.9 Å². The number of ether oxygens (including phenoxy) is 1. The normalized spacial score (nSPS) is 22.7. The summed E-state index contributed by atoms with van der Waals surface area (Å²) >= 11 is 1.55. The number of sulfonamides is 1. The highest BCUT2D eigenvalue weighted by molar-refractivity contribution is 8.02. The van der Waals surface area contributed by atoms with E-state index in [9.17, 15) is 13.2 Å². The molecular formula is C28H29NO4S2. The third-order valence-electron chi connectivity index (χ3n) is 6.67. The number of nitrogens with zero attached hydrogens (tertiary/aromatic N) is 1. The molecule has 0 saturated carbocycles. The van der Waals surface area contributed by atoms with Crippen molar-refractivity contribution in [3.63, 3.8) is 0 Å². The van der Waals surface area contributed by atoms with Crippen molar-refractivity contribution < 1.29 is 17.9 Å². The molecule has 0 N–H and O–H groups in total. The van der Waals surface area contributed by atoms with Crippen LogP contribution in [0.15, 0.2) is 82.6 Å². The van der Waals surface area contributed by atoms with Crippen molar-refractivity contribution in [3.8, 4) is 0 Å². The Bertz CT molecular complexity index is 1440. The van der Waals surface area contributed by atoms with Gasteiger partial charge in [0.25, 0.3) is 0 Å². The molecule has 2 heterocycles. The topological polar surface area (TPSA) is 63.7 Å². The molecule has 2 aliphatic heterocycles. The molecule has 0 amide bonds. The first kappa shape index (κ1) is 24.1. The highest BCUT2D eigenvalue weighted by Crippen LogP contribution is 2.58. The molecule has 0 spiro atoms. The fraction of sp³-hybridized carbons (Fsp3) is 0.321. The summed E-state index contributed by atoms with van der Waals surface area (Å²) < 4.78 is 35.5. The van der Waals surface area contributed by atoms with E-state index in [0.29, 0.717) is 5.75 Å². The van der Waals surface area contributed by atoms with Gasteiger partial charge in [0, 0.05) is 12.3 Å². The molecular weight excluding hydrogens is 478 g/mol. The molecule has 2 atom stereocenters. The highest BCUT2D eigenvalue weighted by atomic mass is 32.2. The molecule has 7 heteroatoms. The van der Waals surface area contributed by atoms with Crippen molar-refractivity contribution in [1.82, 2.24) is 4.31 Å². The molecule has 2 aliphatic rings. The minimum atomic E-state index is -3.89. The molecule has 5 nitrogen and oxygen atoms in total. The molecule has 3 aromatic carbocycles. The highest BCUT2D eigenvalue weighted by Gasteiger charge is 2.62. The molecule has 182 valence electrons. The Morgan fingerprint density at radius 3 is 2.40 bits per heavy atom. The summed E-state index contributed by atoms with van der Waals surface area (Å²) in [6.45, 7) is 7.60. The first-order valence-corrected chi connectivity index (χ1v) is 14.1. The third-order valence-corrected chi connectivity index (χ3v) is 9.57. The molecule has 0 aromatic heterocycles. The van der Waals surface area contributed by atoms with Crippen molar-refractivity contribution in [2.24, 2.45) is 5.41 Å². The number of thioether (sulfide) groups is 1. The second-order valence-electron chi connectivity index (χ2n) is 10.3. The van der Waals surface area contributed by atoms with Crippen molar-refractivity contribution in [3.05, 3.63) is 88.8 Å². The molecule has 0 unspecified atom stereocenters. The van der Waals surface area contributed by atoms with E-state index in [-0.39, 0.29) is 17.4 Å². The summed E-state index contributed by atoms with van der Waals surface area (Å²) in [5, 5.41) is 4.01. The Labute approximate surface area is 211 Å². The number of aryl methyl sites for hydroxylation is 1. The summed E-state index contributed by atoms with van der Waals surface area (Å²) in [5.74, 6) is 0.0651. The van der Waals surface area contributed by atoms with E-state index in [4.69, 9.17) is 4.74 Å². The van der Waals surface area contributed by atoms with Gasteiger partial charge in [-0.1, -0.05) is 54.1 Å². The SMILES string of the molecule is Cc1ccc(S(=O)(=O)N2CC3=CSC[C@]3(C(=O)OC(C)(C)C)[C@@H]2c2ccc3ccccc3c2)cc1.